The van der Waals surface area contributed by atoms with Crippen LogP contribution in [0.4, 0.5) is 13.2 Å². The number of hydrogen-bond acceptors (Lipinski definition) is 4. The van der Waals surface area contributed by atoms with Gasteiger partial charge in [0.1, 0.15) is 5.69 Å². The molecule has 5 nitrogen and oxygen atoms in total. The molecular formula is C14H16F3N3O2S. The predicted octanol–water partition coefficient (Wildman–Crippen LogP) is 3.09. The number of ether oxygens (including phenoxy) is 1. The summed E-state index contributed by atoms with van der Waals surface area (Å²) < 4.78 is 42.8. The van der Waals surface area contributed by atoms with Gasteiger partial charge in [-0.25, -0.2) is 0 Å². The highest BCUT2D eigenvalue weighted by atomic mass is 32.1. The lowest BCUT2D eigenvalue weighted by Gasteiger charge is -2.20. The van der Waals surface area contributed by atoms with Crippen LogP contribution in [0.1, 0.15) is 25.9 Å². The van der Waals surface area contributed by atoms with Crippen molar-refractivity contribution in [3.8, 4) is 0 Å². The number of aromatic nitrogens is 2. The lowest BCUT2D eigenvalue weighted by Crippen LogP contribution is -2.33. The molecule has 2 rings (SSSR count). The Kier molecular flexibility index (Phi) is 5.42. The molecule has 1 amide bonds. The molecule has 23 heavy (non-hydrogen) atoms. The highest BCUT2D eigenvalue weighted by molar-refractivity contribution is 7.11. The highest BCUT2D eigenvalue weighted by Gasteiger charge is 2.34. The van der Waals surface area contributed by atoms with Crippen LogP contribution in [0.5, 0.6) is 0 Å². The van der Waals surface area contributed by atoms with Gasteiger partial charge in [0.2, 0.25) is 0 Å². The standard InChI is InChI=1S/C14H16F3N3O2S/c1-9-3-4-10(23-9)8-20(5-6-22-2)13(21)11-7-12(19-18-11)14(15,16)17/h3-4,7H,5-6,8H2,1-2H3,(H,18,19). The molecule has 2 aromatic heterocycles. The molecule has 0 fully saturated rings. The van der Waals surface area contributed by atoms with Crippen LogP contribution < -0.4 is 0 Å². The van der Waals surface area contributed by atoms with Crippen LogP contribution in [0.3, 0.4) is 0 Å². The van der Waals surface area contributed by atoms with Crippen LogP contribution >= 0.6 is 11.3 Å². The fourth-order valence-electron chi connectivity index (χ4n) is 1.95. The first kappa shape index (κ1) is 17.5. The van der Waals surface area contributed by atoms with E-state index in [1.165, 1.54) is 23.3 Å². The molecule has 0 aromatic carbocycles. The van der Waals surface area contributed by atoms with Crippen molar-refractivity contribution in [1.82, 2.24) is 15.1 Å². The van der Waals surface area contributed by atoms with Gasteiger partial charge in [-0.2, -0.15) is 18.3 Å². The van der Waals surface area contributed by atoms with Crippen LogP contribution in [0.2, 0.25) is 0 Å². The molecule has 0 bridgehead atoms. The summed E-state index contributed by atoms with van der Waals surface area (Å²) >= 11 is 1.53. The zero-order chi connectivity index (χ0) is 17.0. The van der Waals surface area contributed by atoms with Crippen molar-refractivity contribution in [2.75, 3.05) is 20.3 Å². The summed E-state index contributed by atoms with van der Waals surface area (Å²) in [6, 6.07) is 4.54. The van der Waals surface area contributed by atoms with Gasteiger partial charge in [-0.1, -0.05) is 0 Å². The monoisotopic (exact) mass is 347 g/mol. The third-order valence-electron chi connectivity index (χ3n) is 3.10. The van der Waals surface area contributed by atoms with E-state index in [1.54, 1.807) is 0 Å². The van der Waals surface area contributed by atoms with Crippen molar-refractivity contribution in [1.29, 1.82) is 0 Å². The summed E-state index contributed by atoms with van der Waals surface area (Å²) in [4.78, 5) is 15.9. The van der Waals surface area contributed by atoms with Crippen molar-refractivity contribution < 1.29 is 22.7 Å². The Morgan fingerprint density at radius 2 is 2.17 bits per heavy atom. The number of carbonyl (C=O) groups excluding carboxylic acids is 1. The summed E-state index contributed by atoms with van der Waals surface area (Å²) in [6.45, 7) is 2.79. The molecule has 0 unspecified atom stereocenters. The van der Waals surface area contributed by atoms with Gasteiger partial charge < -0.3 is 9.64 Å². The number of nitrogens with zero attached hydrogens (tertiary/aromatic N) is 2. The first-order valence-electron chi connectivity index (χ1n) is 6.77. The fraction of sp³-hybridized carbons (Fsp3) is 0.429. The van der Waals surface area contributed by atoms with E-state index in [1.807, 2.05) is 24.2 Å². The Morgan fingerprint density at radius 1 is 1.43 bits per heavy atom. The quantitative estimate of drug-likeness (QED) is 0.874. The third kappa shape index (κ3) is 4.55. The molecule has 2 heterocycles. The topological polar surface area (TPSA) is 58.2 Å². The number of aryl methyl sites for hydroxylation is 1. The largest absolute Gasteiger partial charge is 0.432 e. The van der Waals surface area contributed by atoms with Gasteiger partial charge in [-0.3, -0.25) is 9.89 Å². The number of carbonyl (C=O) groups is 1. The maximum atomic E-state index is 12.6. The van der Waals surface area contributed by atoms with E-state index >= 15 is 0 Å². The minimum atomic E-state index is -4.56. The average Bonchev–Trinajstić information content (AvgIpc) is 3.11. The summed E-state index contributed by atoms with van der Waals surface area (Å²) in [5, 5.41) is 5.34. The molecular weight excluding hydrogens is 331 g/mol. The van der Waals surface area contributed by atoms with Gasteiger partial charge in [0.15, 0.2) is 5.69 Å². The number of hydrogen-bond donors (Lipinski definition) is 1. The Hall–Kier alpha value is -1.87. The van der Waals surface area contributed by atoms with E-state index in [2.05, 4.69) is 5.10 Å². The zero-order valence-electron chi connectivity index (χ0n) is 12.6. The molecule has 0 spiro atoms. The summed E-state index contributed by atoms with van der Waals surface area (Å²) in [6.07, 6.45) is -4.56. The summed E-state index contributed by atoms with van der Waals surface area (Å²) in [5.74, 6) is -0.570. The van der Waals surface area contributed by atoms with Gasteiger partial charge in [0, 0.05) is 29.5 Å². The van der Waals surface area contributed by atoms with Crippen LogP contribution in [0.25, 0.3) is 0 Å². The van der Waals surface area contributed by atoms with E-state index in [9.17, 15) is 18.0 Å². The van der Waals surface area contributed by atoms with E-state index in [4.69, 9.17) is 4.74 Å². The molecule has 0 aliphatic heterocycles. The number of rotatable bonds is 6. The predicted molar refractivity (Wildman–Crippen MR) is 79.3 cm³/mol. The van der Waals surface area contributed by atoms with E-state index < -0.39 is 17.8 Å². The average molecular weight is 347 g/mol. The number of H-pyrrole nitrogens is 1. The fourth-order valence-corrected chi connectivity index (χ4v) is 2.86. The lowest BCUT2D eigenvalue weighted by molar-refractivity contribution is -0.141. The lowest BCUT2D eigenvalue weighted by atomic mass is 10.3. The summed E-state index contributed by atoms with van der Waals surface area (Å²) in [5.41, 5.74) is -1.30. The third-order valence-corrected chi connectivity index (χ3v) is 4.08. The van der Waals surface area contributed by atoms with Crippen molar-refractivity contribution in [3.05, 3.63) is 39.3 Å². The Bertz CT molecular complexity index is 666. The minimum Gasteiger partial charge on any atom is -0.383 e. The second kappa shape index (κ2) is 7.14. The van der Waals surface area contributed by atoms with Crippen LogP contribution in [-0.2, 0) is 17.5 Å². The molecule has 0 saturated heterocycles. The Balaban J connectivity index is 2.17. The Morgan fingerprint density at radius 3 is 2.70 bits per heavy atom. The normalized spacial score (nSPS) is 11.7. The van der Waals surface area contributed by atoms with Gasteiger partial charge in [-0.15, -0.1) is 11.3 Å². The molecule has 0 atom stereocenters. The van der Waals surface area contributed by atoms with Gasteiger partial charge in [0.05, 0.1) is 13.2 Å². The number of aromatic amines is 1. The van der Waals surface area contributed by atoms with Gasteiger partial charge in [-0.05, 0) is 19.1 Å². The SMILES string of the molecule is COCCN(Cc1ccc(C)s1)C(=O)c1cc(C(F)(F)F)[nH]n1. The molecule has 0 aliphatic carbocycles. The van der Waals surface area contributed by atoms with Crippen molar-refractivity contribution in [3.63, 3.8) is 0 Å². The molecule has 0 radical (unpaired) electrons. The number of nitrogens with one attached hydrogen (secondary N) is 1. The molecule has 1 N–H and O–H groups in total. The smallest absolute Gasteiger partial charge is 0.383 e. The first-order valence-corrected chi connectivity index (χ1v) is 7.59. The number of alkyl halides is 3. The molecule has 0 saturated carbocycles. The van der Waals surface area contributed by atoms with E-state index in [0.717, 1.165) is 15.8 Å². The van der Waals surface area contributed by atoms with Crippen LogP contribution in [-0.4, -0.2) is 41.3 Å². The van der Waals surface area contributed by atoms with Crippen molar-refractivity contribution in [2.45, 2.75) is 19.6 Å². The summed E-state index contributed by atoms with van der Waals surface area (Å²) in [7, 11) is 1.49. The second-order valence-electron chi connectivity index (χ2n) is 4.90. The molecule has 9 heteroatoms. The first-order chi connectivity index (χ1) is 10.8. The molecule has 2 aromatic rings. The van der Waals surface area contributed by atoms with Crippen LogP contribution in [0.15, 0.2) is 18.2 Å². The Labute approximate surface area is 135 Å². The van der Waals surface area contributed by atoms with E-state index in [0.29, 0.717) is 6.54 Å². The number of halogens is 3. The molecule has 126 valence electrons. The maximum absolute atomic E-state index is 12.6. The highest BCUT2D eigenvalue weighted by Crippen LogP contribution is 2.28. The second-order valence-corrected chi connectivity index (χ2v) is 6.27. The van der Waals surface area contributed by atoms with Crippen LogP contribution in [0, 0.1) is 6.92 Å². The number of thiophene rings is 1. The minimum absolute atomic E-state index is 0.262. The molecule has 0 aliphatic rings. The van der Waals surface area contributed by atoms with E-state index in [-0.39, 0.29) is 18.8 Å². The number of methoxy groups -OCH3 is 1. The van der Waals surface area contributed by atoms with Crippen molar-refractivity contribution >= 4 is 17.2 Å². The van der Waals surface area contributed by atoms with Crippen molar-refractivity contribution in [2.24, 2.45) is 0 Å². The number of amides is 1. The maximum Gasteiger partial charge on any atom is 0.432 e. The van der Waals surface area contributed by atoms with Gasteiger partial charge in [0.25, 0.3) is 5.91 Å². The van der Waals surface area contributed by atoms with Gasteiger partial charge >= 0.3 is 6.18 Å². The zero-order valence-corrected chi connectivity index (χ0v) is 13.4.